The summed E-state index contributed by atoms with van der Waals surface area (Å²) in [4.78, 5) is 15.3. The van der Waals surface area contributed by atoms with E-state index in [9.17, 15) is 4.79 Å². The van der Waals surface area contributed by atoms with E-state index in [1.54, 1.807) is 0 Å². The molecule has 0 aliphatic carbocycles. The summed E-state index contributed by atoms with van der Waals surface area (Å²) < 4.78 is 6.23. The Balaban J connectivity index is 1.48. The van der Waals surface area contributed by atoms with Gasteiger partial charge in [0.15, 0.2) is 5.75 Å². The molecule has 1 aliphatic rings. The fourth-order valence-corrected chi connectivity index (χ4v) is 3.90. The molecule has 4 rings (SSSR count). The second-order valence-electron chi connectivity index (χ2n) is 7.62. The number of hydrogen-bond acceptors (Lipinski definition) is 4. The Morgan fingerprint density at radius 2 is 1.60 bits per heavy atom. The van der Waals surface area contributed by atoms with Crippen LogP contribution in [0, 0.1) is 0 Å². The van der Waals surface area contributed by atoms with Crippen molar-refractivity contribution >= 4 is 11.7 Å². The van der Waals surface area contributed by atoms with E-state index in [-0.39, 0.29) is 12.6 Å². The minimum atomic E-state index is -0.780. The molecule has 0 aromatic heterocycles. The first-order chi connectivity index (χ1) is 14.6. The summed E-state index contributed by atoms with van der Waals surface area (Å²) in [6.07, 6.45) is 0. The molecule has 0 saturated carbocycles. The van der Waals surface area contributed by atoms with Crippen molar-refractivity contribution in [1.82, 2.24) is 4.90 Å². The Morgan fingerprint density at radius 1 is 0.933 bits per heavy atom. The maximum atomic E-state index is 11.1. The molecule has 0 bridgehead atoms. The lowest BCUT2D eigenvalue weighted by molar-refractivity contribution is -0.138. The molecule has 5 nitrogen and oxygen atoms in total. The first-order valence-electron chi connectivity index (χ1n) is 10.2. The van der Waals surface area contributed by atoms with E-state index >= 15 is 0 Å². The summed E-state index contributed by atoms with van der Waals surface area (Å²) in [6.45, 7) is 4.40. The topological polar surface area (TPSA) is 53.0 Å². The van der Waals surface area contributed by atoms with Gasteiger partial charge in [-0.05, 0) is 42.3 Å². The molecule has 1 atom stereocenters. The van der Waals surface area contributed by atoms with Crippen molar-refractivity contribution in [2.45, 2.75) is 13.0 Å². The van der Waals surface area contributed by atoms with Crippen molar-refractivity contribution in [2.24, 2.45) is 0 Å². The monoisotopic (exact) mass is 402 g/mol. The van der Waals surface area contributed by atoms with E-state index in [1.165, 1.54) is 5.56 Å². The fraction of sp³-hybridized carbons (Fsp3) is 0.240. The highest BCUT2D eigenvalue weighted by molar-refractivity contribution is 5.69. The number of aliphatic carboxylic acids is 1. The maximum absolute atomic E-state index is 11.1. The predicted molar refractivity (Wildman–Crippen MR) is 119 cm³/mol. The van der Waals surface area contributed by atoms with Crippen LogP contribution in [-0.2, 0) is 4.79 Å². The number of carboxylic acids is 1. The molecular weight excluding hydrogens is 376 g/mol. The second-order valence-corrected chi connectivity index (χ2v) is 7.62. The molecule has 1 unspecified atom stereocenters. The lowest BCUT2D eigenvalue weighted by atomic mass is 10.1. The Kier molecular flexibility index (Phi) is 6.00. The van der Waals surface area contributed by atoms with Crippen LogP contribution in [0.4, 0.5) is 5.69 Å². The fourth-order valence-electron chi connectivity index (χ4n) is 3.90. The third-order valence-electron chi connectivity index (χ3n) is 5.50. The van der Waals surface area contributed by atoms with Crippen LogP contribution in [0.3, 0.4) is 0 Å². The van der Waals surface area contributed by atoms with E-state index in [0.29, 0.717) is 6.54 Å². The standard InChI is InChI=1S/C25H26N2O3/c1-19-17-27(16-15-26(19)18-25(28)29)23-9-5-6-10-24(23)30-22-13-11-21(12-14-22)20-7-3-2-4-8-20/h2-14,19H,15-18H2,1H3,(H,28,29). The third kappa shape index (κ3) is 4.63. The normalized spacial score (nSPS) is 17.0. The number of carbonyl (C=O) groups is 1. The van der Waals surface area contributed by atoms with Crippen LogP contribution in [-0.4, -0.2) is 48.2 Å². The minimum Gasteiger partial charge on any atom is -0.480 e. The molecule has 1 heterocycles. The summed E-state index contributed by atoms with van der Waals surface area (Å²) in [7, 11) is 0. The highest BCUT2D eigenvalue weighted by Gasteiger charge is 2.26. The molecular formula is C25H26N2O3. The van der Waals surface area contributed by atoms with E-state index in [4.69, 9.17) is 9.84 Å². The Morgan fingerprint density at radius 3 is 2.30 bits per heavy atom. The van der Waals surface area contributed by atoms with Gasteiger partial charge in [0.1, 0.15) is 5.75 Å². The summed E-state index contributed by atoms with van der Waals surface area (Å²) in [5.74, 6) is 0.821. The van der Waals surface area contributed by atoms with Gasteiger partial charge in [0.05, 0.1) is 12.2 Å². The quantitative estimate of drug-likeness (QED) is 0.645. The number of rotatable bonds is 6. The highest BCUT2D eigenvalue weighted by atomic mass is 16.5. The molecule has 5 heteroatoms. The van der Waals surface area contributed by atoms with Crippen LogP contribution >= 0.6 is 0 Å². The molecule has 0 spiro atoms. The molecule has 1 N–H and O–H groups in total. The van der Waals surface area contributed by atoms with Gasteiger partial charge >= 0.3 is 5.97 Å². The van der Waals surface area contributed by atoms with Crippen molar-refractivity contribution in [3.63, 3.8) is 0 Å². The van der Waals surface area contributed by atoms with Gasteiger partial charge in [0.2, 0.25) is 0 Å². The van der Waals surface area contributed by atoms with Gasteiger partial charge in [-0.1, -0.05) is 54.6 Å². The largest absolute Gasteiger partial charge is 0.480 e. The first-order valence-corrected chi connectivity index (χ1v) is 10.2. The van der Waals surface area contributed by atoms with Gasteiger partial charge in [-0.15, -0.1) is 0 Å². The van der Waals surface area contributed by atoms with Gasteiger partial charge in [0.25, 0.3) is 0 Å². The number of benzene rings is 3. The van der Waals surface area contributed by atoms with Crippen molar-refractivity contribution in [1.29, 1.82) is 0 Å². The molecule has 0 radical (unpaired) electrons. The van der Waals surface area contributed by atoms with Gasteiger partial charge in [-0.25, -0.2) is 0 Å². The summed E-state index contributed by atoms with van der Waals surface area (Å²) in [5.41, 5.74) is 3.36. The zero-order chi connectivity index (χ0) is 20.9. The number of nitrogens with zero attached hydrogens (tertiary/aromatic N) is 2. The first kappa shape index (κ1) is 20.0. The number of ether oxygens (including phenoxy) is 1. The van der Waals surface area contributed by atoms with Crippen LogP contribution in [0.25, 0.3) is 11.1 Å². The van der Waals surface area contributed by atoms with Crippen LogP contribution in [0.15, 0.2) is 78.9 Å². The molecule has 3 aromatic carbocycles. The van der Waals surface area contributed by atoms with E-state index in [0.717, 1.165) is 35.8 Å². The van der Waals surface area contributed by atoms with Gasteiger partial charge in [-0.2, -0.15) is 0 Å². The lowest BCUT2D eigenvalue weighted by Crippen LogP contribution is -2.53. The van der Waals surface area contributed by atoms with Crippen LogP contribution < -0.4 is 9.64 Å². The molecule has 154 valence electrons. The zero-order valence-corrected chi connectivity index (χ0v) is 17.1. The highest BCUT2D eigenvalue weighted by Crippen LogP contribution is 2.34. The number of piperazine rings is 1. The number of para-hydroxylation sites is 2. The van der Waals surface area contributed by atoms with Crippen LogP contribution in [0.2, 0.25) is 0 Å². The minimum absolute atomic E-state index is 0.0842. The molecule has 1 saturated heterocycles. The average molecular weight is 402 g/mol. The van der Waals surface area contributed by atoms with E-state index in [2.05, 4.69) is 42.2 Å². The Hall–Kier alpha value is -3.31. The average Bonchev–Trinajstić information content (AvgIpc) is 2.76. The maximum Gasteiger partial charge on any atom is 0.317 e. The van der Waals surface area contributed by atoms with Crippen molar-refractivity contribution < 1.29 is 14.6 Å². The van der Waals surface area contributed by atoms with Crippen molar-refractivity contribution in [2.75, 3.05) is 31.1 Å². The van der Waals surface area contributed by atoms with Crippen LogP contribution in [0.1, 0.15) is 6.92 Å². The predicted octanol–water partition coefficient (Wildman–Crippen LogP) is 4.74. The lowest BCUT2D eigenvalue weighted by Gasteiger charge is -2.40. The van der Waals surface area contributed by atoms with Crippen LogP contribution in [0.5, 0.6) is 11.5 Å². The second kappa shape index (κ2) is 9.01. The van der Waals surface area contributed by atoms with Gasteiger partial charge in [0, 0.05) is 25.7 Å². The number of anilines is 1. The van der Waals surface area contributed by atoms with Crippen molar-refractivity contribution in [3.05, 3.63) is 78.9 Å². The number of hydrogen-bond donors (Lipinski definition) is 1. The molecule has 0 amide bonds. The van der Waals surface area contributed by atoms with E-state index < -0.39 is 5.97 Å². The SMILES string of the molecule is CC1CN(c2ccccc2Oc2ccc(-c3ccccc3)cc2)CCN1CC(=O)O. The third-order valence-corrected chi connectivity index (χ3v) is 5.50. The molecule has 30 heavy (non-hydrogen) atoms. The van der Waals surface area contributed by atoms with Gasteiger partial charge < -0.3 is 14.7 Å². The summed E-state index contributed by atoms with van der Waals surface area (Å²) in [6, 6.07) is 26.6. The zero-order valence-electron chi connectivity index (χ0n) is 17.1. The molecule has 1 fully saturated rings. The smallest absolute Gasteiger partial charge is 0.317 e. The van der Waals surface area contributed by atoms with Gasteiger partial charge in [-0.3, -0.25) is 9.69 Å². The summed E-state index contributed by atoms with van der Waals surface area (Å²) >= 11 is 0. The molecule has 1 aliphatic heterocycles. The number of carboxylic acid groups (broad SMARTS) is 1. The van der Waals surface area contributed by atoms with E-state index in [1.807, 2.05) is 53.4 Å². The summed E-state index contributed by atoms with van der Waals surface area (Å²) in [5, 5.41) is 9.09. The van der Waals surface area contributed by atoms with Crippen molar-refractivity contribution in [3.8, 4) is 22.6 Å². The Bertz CT molecular complexity index is 989. The Labute approximate surface area is 177 Å². The molecule has 3 aromatic rings.